The summed E-state index contributed by atoms with van der Waals surface area (Å²) in [5.41, 5.74) is 2.29. The van der Waals surface area contributed by atoms with Crippen molar-refractivity contribution in [1.29, 1.82) is 0 Å². The van der Waals surface area contributed by atoms with E-state index in [1.54, 1.807) is 4.90 Å². The summed E-state index contributed by atoms with van der Waals surface area (Å²) >= 11 is 0. The van der Waals surface area contributed by atoms with Crippen LogP contribution in [0, 0.1) is 0 Å². The van der Waals surface area contributed by atoms with Crippen LogP contribution in [0.2, 0.25) is 0 Å². The van der Waals surface area contributed by atoms with Gasteiger partial charge in [-0.1, -0.05) is 36.4 Å². The van der Waals surface area contributed by atoms with Gasteiger partial charge in [-0.2, -0.15) is 0 Å². The lowest BCUT2D eigenvalue weighted by atomic mass is 10.0. The molecule has 1 fully saturated rings. The summed E-state index contributed by atoms with van der Waals surface area (Å²) in [5.74, 6) is 1.81. The molecule has 0 spiro atoms. The zero-order chi connectivity index (χ0) is 20.2. The molecule has 6 nitrogen and oxygen atoms in total. The zero-order valence-electron chi connectivity index (χ0n) is 17.2. The second-order valence-electron chi connectivity index (χ2n) is 7.84. The van der Waals surface area contributed by atoms with Gasteiger partial charge < -0.3 is 14.4 Å². The van der Waals surface area contributed by atoms with E-state index < -0.39 is 0 Å². The largest absolute Gasteiger partial charge is 0.486 e. The summed E-state index contributed by atoms with van der Waals surface area (Å²) in [5, 5.41) is 0. The number of rotatable bonds is 5. The first-order chi connectivity index (χ1) is 14.1. The Bertz CT molecular complexity index is 833. The fraction of sp³-hybridized carbons (Fsp3) is 0.435. The fourth-order valence-electron chi connectivity index (χ4n) is 4.01. The van der Waals surface area contributed by atoms with Gasteiger partial charge in [0.05, 0.1) is 0 Å². The Morgan fingerprint density at radius 3 is 2.34 bits per heavy atom. The summed E-state index contributed by atoms with van der Waals surface area (Å²) in [6.07, 6.45) is 0. The van der Waals surface area contributed by atoms with Gasteiger partial charge in [0.2, 0.25) is 5.91 Å². The standard InChI is InChI=1S/C23H29N3O3/c1-24(2)23(27)22(19-6-4-3-5-7-19)26-12-10-25(11-13-26)17-18-8-9-20-21(16-18)29-15-14-28-20/h3-9,16,22H,10-15,17H2,1-2H3/t22-/m1/s1. The lowest BCUT2D eigenvalue weighted by Crippen LogP contribution is -2.50. The zero-order valence-corrected chi connectivity index (χ0v) is 17.2. The second kappa shape index (κ2) is 8.84. The molecule has 2 aromatic carbocycles. The van der Waals surface area contributed by atoms with Crippen LogP contribution in [-0.4, -0.2) is 74.1 Å². The van der Waals surface area contributed by atoms with Gasteiger partial charge in [-0.05, 0) is 23.3 Å². The number of carbonyl (C=O) groups is 1. The van der Waals surface area contributed by atoms with Crippen LogP contribution in [0.3, 0.4) is 0 Å². The van der Waals surface area contributed by atoms with E-state index in [9.17, 15) is 4.79 Å². The molecule has 2 heterocycles. The number of nitrogens with zero attached hydrogens (tertiary/aromatic N) is 3. The van der Waals surface area contributed by atoms with Gasteiger partial charge in [0.25, 0.3) is 0 Å². The van der Waals surface area contributed by atoms with Crippen LogP contribution in [-0.2, 0) is 11.3 Å². The van der Waals surface area contributed by atoms with E-state index in [-0.39, 0.29) is 11.9 Å². The van der Waals surface area contributed by atoms with E-state index in [4.69, 9.17) is 9.47 Å². The van der Waals surface area contributed by atoms with Crippen LogP contribution in [0.25, 0.3) is 0 Å². The predicted molar refractivity (Wildman–Crippen MR) is 112 cm³/mol. The number of fused-ring (bicyclic) bond motifs is 1. The molecule has 154 valence electrons. The van der Waals surface area contributed by atoms with Gasteiger partial charge in [-0.15, -0.1) is 0 Å². The molecule has 4 rings (SSSR count). The van der Waals surface area contributed by atoms with E-state index >= 15 is 0 Å². The molecule has 0 aromatic heterocycles. The highest BCUT2D eigenvalue weighted by Crippen LogP contribution is 2.31. The Labute approximate surface area is 172 Å². The second-order valence-corrected chi connectivity index (χ2v) is 7.84. The molecule has 1 atom stereocenters. The molecule has 29 heavy (non-hydrogen) atoms. The fourth-order valence-corrected chi connectivity index (χ4v) is 4.01. The molecule has 0 N–H and O–H groups in total. The quantitative estimate of drug-likeness (QED) is 0.778. The Balaban J connectivity index is 1.40. The number of likely N-dealkylation sites (N-methyl/N-ethyl adjacent to an activating group) is 1. The number of carbonyl (C=O) groups excluding carboxylic acids is 1. The van der Waals surface area contributed by atoms with Crippen molar-refractivity contribution in [1.82, 2.24) is 14.7 Å². The molecule has 1 amide bonds. The van der Waals surface area contributed by atoms with Crippen molar-refractivity contribution in [3.63, 3.8) is 0 Å². The average Bonchev–Trinajstić information content (AvgIpc) is 2.76. The van der Waals surface area contributed by atoms with E-state index in [0.717, 1.165) is 49.8 Å². The molecule has 0 bridgehead atoms. The Kier molecular flexibility index (Phi) is 6.02. The first-order valence-corrected chi connectivity index (χ1v) is 10.2. The summed E-state index contributed by atoms with van der Waals surface area (Å²) in [4.78, 5) is 19.3. The van der Waals surface area contributed by atoms with Gasteiger partial charge in [-0.25, -0.2) is 0 Å². The van der Waals surface area contributed by atoms with Crippen LogP contribution < -0.4 is 9.47 Å². The van der Waals surface area contributed by atoms with Crippen LogP contribution in [0.5, 0.6) is 11.5 Å². The maximum Gasteiger partial charge on any atom is 0.244 e. The van der Waals surface area contributed by atoms with E-state index in [1.807, 2.05) is 50.5 Å². The smallest absolute Gasteiger partial charge is 0.244 e. The number of amides is 1. The summed E-state index contributed by atoms with van der Waals surface area (Å²) in [7, 11) is 3.66. The van der Waals surface area contributed by atoms with Gasteiger partial charge in [0.1, 0.15) is 19.3 Å². The number of ether oxygens (including phenoxy) is 2. The van der Waals surface area contributed by atoms with E-state index in [0.29, 0.717) is 13.2 Å². The van der Waals surface area contributed by atoms with Gasteiger partial charge in [0, 0.05) is 46.8 Å². The van der Waals surface area contributed by atoms with Crippen molar-refractivity contribution in [2.75, 3.05) is 53.5 Å². The van der Waals surface area contributed by atoms with Crippen molar-refractivity contribution >= 4 is 5.91 Å². The maximum atomic E-state index is 12.9. The summed E-state index contributed by atoms with van der Waals surface area (Å²) in [6.45, 7) is 5.69. The van der Waals surface area contributed by atoms with Gasteiger partial charge in [0.15, 0.2) is 11.5 Å². The number of benzene rings is 2. The van der Waals surface area contributed by atoms with Crippen LogP contribution in [0.1, 0.15) is 17.2 Å². The van der Waals surface area contributed by atoms with Gasteiger partial charge in [-0.3, -0.25) is 14.6 Å². The average molecular weight is 396 g/mol. The molecular formula is C23H29N3O3. The topological polar surface area (TPSA) is 45.3 Å². The van der Waals surface area contributed by atoms with E-state index in [2.05, 4.69) is 21.9 Å². The molecule has 0 radical (unpaired) electrons. The van der Waals surface area contributed by atoms with Crippen molar-refractivity contribution in [3.05, 3.63) is 59.7 Å². The molecule has 0 saturated carbocycles. The normalized spacial score (nSPS) is 18.3. The third kappa shape index (κ3) is 4.54. The number of hydrogen-bond donors (Lipinski definition) is 0. The Morgan fingerprint density at radius 2 is 1.66 bits per heavy atom. The molecule has 6 heteroatoms. The highest BCUT2D eigenvalue weighted by atomic mass is 16.6. The van der Waals surface area contributed by atoms with Crippen molar-refractivity contribution in [3.8, 4) is 11.5 Å². The highest BCUT2D eigenvalue weighted by Gasteiger charge is 2.31. The number of hydrogen-bond acceptors (Lipinski definition) is 5. The van der Waals surface area contributed by atoms with Crippen molar-refractivity contribution in [2.45, 2.75) is 12.6 Å². The minimum absolute atomic E-state index is 0.136. The molecule has 0 unspecified atom stereocenters. The highest BCUT2D eigenvalue weighted by molar-refractivity contribution is 5.82. The van der Waals surface area contributed by atoms with Crippen molar-refractivity contribution in [2.24, 2.45) is 0 Å². The van der Waals surface area contributed by atoms with Crippen LogP contribution in [0.15, 0.2) is 48.5 Å². The molecular weight excluding hydrogens is 366 g/mol. The summed E-state index contributed by atoms with van der Waals surface area (Å²) in [6, 6.07) is 16.1. The minimum atomic E-state index is -0.220. The maximum absolute atomic E-state index is 12.9. The third-order valence-electron chi connectivity index (χ3n) is 5.57. The lowest BCUT2D eigenvalue weighted by molar-refractivity contribution is -0.135. The molecule has 2 aromatic rings. The van der Waals surface area contributed by atoms with Crippen LogP contribution >= 0.6 is 0 Å². The minimum Gasteiger partial charge on any atom is -0.486 e. The van der Waals surface area contributed by atoms with Crippen LogP contribution in [0.4, 0.5) is 0 Å². The molecule has 2 aliphatic rings. The van der Waals surface area contributed by atoms with E-state index in [1.165, 1.54) is 5.56 Å². The first kappa shape index (κ1) is 19.7. The number of piperazine rings is 1. The first-order valence-electron chi connectivity index (χ1n) is 10.2. The summed E-state index contributed by atoms with van der Waals surface area (Å²) < 4.78 is 11.3. The SMILES string of the molecule is CN(C)C(=O)[C@@H](c1ccccc1)N1CCN(Cc2ccc3c(c2)OCCO3)CC1. The molecule has 2 aliphatic heterocycles. The molecule has 0 aliphatic carbocycles. The monoisotopic (exact) mass is 395 g/mol. The predicted octanol–water partition coefficient (Wildman–Crippen LogP) is 2.40. The Hall–Kier alpha value is -2.57. The lowest BCUT2D eigenvalue weighted by Gasteiger charge is -2.39. The Morgan fingerprint density at radius 1 is 0.966 bits per heavy atom. The van der Waals surface area contributed by atoms with Gasteiger partial charge >= 0.3 is 0 Å². The third-order valence-corrected chi connectivity index (χ3v) is 5.57. The van der Waals surface area contributed by atoms with Crippen molar-refractivity contribution < 1.29 is 14.3 Å². The molecule has 1 saturated heterocycles.